The molecule has 2 N–H and O–H groups in total. The van der Waals surface area contributed by atoms with Crippen LogP contribution in [0.25, 0.3) is 6.08 Å². The highest BCUT2D eigenvalue weighted by molar-refractivity contribution is 8.18. The average Bonchev–Trinajstić information content (AvgIpc) is 2.62. The van der Waals surface area contributed by atoms with Crippen LogP contribution in [0.15, 0.2) is 23.1 Å². The maximum Gasteiger partial charge on any atom is 0.293 e. The number of imide groups is 1. The van der Waals surface area contributed by atoms with Gasteiger partial charge in [-0.25, -0.2) is 4.39 Å². The van der Waals surface area contributed by atoms with E-state index >= 15 is 0 Å². The molecule has 0 bridgehead atoms. The second-order valence-electron chi connectivity index (χ2n) is 3.79. The molecule has 1 aliphatic rings. The maximum absolute atomic E-state index is 13.6. The molecule has 2 amide bonds. The standard InChI is InChI=1S/C12H10ClFN2O2S/c13-8-1-2-9(14)7(5-8)6-10-11(17)16(4-3-15)12(18)19-10/h1-2,5-6H,3-4,15H2/b10-6+. The molecular formula is C12H10ClFN2O2S. The molecule has 0 radical (unpaired) electrons. The molecule has 0 aromatic heterocycles. The van der Waals surface area contributed by atoms with Crippen molar-refractivity contribution in [1.29, 1.82) is 0 Å². The number of amides is 2. The van der Waals surface area contributed by atoms with Gasteiger partial charge in [0, 0.05) is 23.7 Å². The molecule has 7 heteroatoms. The van der Waals surface area contributed by atoms with Crippen LogP contribution in [0.2, 0.25) is 5.02 Å². The second kappa shape index (κ2) is 5.73. The predicted molar refractivity (Wildman–Crippen MR) is 73.1 cm³/mol. The summed E-state index contributed by atoms with van der Waals surface area (Å²) in [5.41, 5.74) is 5.49. The van der Waals surface area contributed by atoms with Gasteiger partial charge in [-0.2, -0.15) is 0 Å². The topological polar surface area (TPSA) is 63.4 Å². The normalized spacial score (nSPS) is 17.6. The van der Waals surface area contributed by atoms with Crippen LogP contribution >= 0.6 is 23.4 Å². The Kier molecular flexibility index (Phi) is 4.24. The second-order valence-corrected chi connectivity index (χ2v) is 5.22. The lowest BCUT2D eigenvalue weighted by Gasteiger charge is -2.09. The summed E-state index contributed by atoms with van der Waals surface area (Å²) in [6.45, 7) is 0.344. The molecule has 1 aromatic rings. The van der Waals surface area contributed by atoms with Crippen LogP contribution < -0.4 is 5.73 Å². The Hall–Kier alpha value is -1.37. The van der Waals surface area contributed by atoms with Gasteiger partial charge in [-0.1, -0.05) is 11.6 Å². The van der Waals surface area contributed by atoms with E-state index in [0.717, 1.165) is 16.7 Å². The Bertz CT molecular complexity index is 577. The van der Waals surface area contributed by atoms with Gasteiger partial charge >= 0.3 is 0 Å². The van der Waals surface area contributed by atoms with Crippen molar-refractivity contribution in [3.63, 3.8) is 0 Å². The number of halogens is 2. The number of nitrogens with zero attached hydrogens (tertiary/aromatic N) is 1. The molecule has 0 atom stereocenters. The number of carbonyl (C=O) groups is 2. The van der Waals surface area contributed by atoms with Crippen LogP contribution in [0.5, 0.6) is 0 Å². The van der Waals surface area contributed by atoms with Crippen LogP contribution in [-0.4, -0.2) is 29.1 Å². The van der Waals surface area contributed by atoms with Crippen molar-refractivity contribution in [3.05, 3.63) is 39.5 Å². The van der Waals surface area contributed by atoms with Gasteiger partial charge in [0.2, 0.25) is 0 Å². The predicted octanol–water partition coefficient (Wildman–Crippen LogP) is 2.47. The first kappa shape index (κ1) is 14.0. The Labute approximate surface area is 118 Å². The van der Waals surface area contributed by atoms with Crippen LogP contribution in [-0.2, 0) is 4.79 Å². The van der Waals surface area contributed by atoms with E-state index in [1.165, 1.54) is 24.3 Å². The maximum atomic E-state index is 13.6. The van der Waals surface area contributed by atoms with E-state index in [9.17, 15) is 14.0 Å². The minimum atomic E-state index is -0.505. The van der Waals surface area contributed by atoms with E-state index < -0.39 is 17.0 Å². The molecule has 1 heterocycles. The van der Waals surface area contributed by atoms with Crippen LogP contribution in [0.1, 0.15) is 5.56 Å². The van der Waals surface area contributed by atoms with Gasteiger partial charge in [-0.05, 0) is 36.0 Å². The molecule has 0 saturated carbocycles. The average molecular weight is 301 g/mol. The largest absolute Gasteiger partial charge is 0.329 e. The van der Waals surface area contributed by atoms with E-state index in [0.29, 0.717) is 5.02 Å². The zero-order chi connectivity index (χ0) is 14.0. The summed E-state index contributed by atoms with van der Waals surface area (Å²) in [7, 11) is 0. The Morgan fingerprint density at radius 1 is 1.42 bits per heavy atom. The van der Waals surface area contributed by atoms with Gasteiger partial charge in [0.15, 0.2) is 0 Å². The highest BCUT2D eigenvalue weighted by Crippen LogP contribution is 2.32. The highest BCUT2D eigenvalue weighted by atomic mass is 35.5. The van der Waals surface area contributed by atoms with Gasteiger partial charge in [-0.3, -0.25) is 14.5 Å². The first-order valence-electron chi connectivity index (χ1n) is 5.43. The van der Waals surface area contributed by atoms with Crippen molar-refractivity contribution in [2.24, 2.45) is 5.73 Å². The molecule has 19 heavy (non-hydrogen) atoms. The van der Waals surface area contributed by atoms with Crippen molar-refractivity contribution in [1.82, 2.24) is 4.90 Å². The summed E-state index contributed by atoms with van der Waals surface area (Å²) < 4.78 is 13.6. The first-order chi connectivity index (χ1) is 9.02. The monoisotopic (exact) mass is 300 g/mol. The van der Waals surface area contributed by atoms with Gasteiger partial charge < -0.3 is 5.73 Å². The number of carbonyl (C=O) groups excluding carboxylic acids is 2. The lowest BCUT2D eigenvalue weighted by Crippen LogP contribution is -2.33. The fraction of sp³-hybridized carbons (Fsp3) is 0.167. The highest BCUT2D eigenvalue weighted by Gasteiger charge is 2.34. The van der Waals surface area contributed by atoms with Crippen LogP contribution in [0.4, 0.5) is 9.18 Å². The third kappa shape index (κ3) is 2.97. The number of rotatable bonds is 3. The quantitative estimate of drug-likeness (QED) is 0.871. The molecule has 1 fully saturated rings. The van der Waals surface area contributed by atoms with Gasteiger partial charge in [0.25, 0.3) is 11.1 Å². The van der Waals surface area contributed by atoms with Crippen molar-refractivity contribution < 1.29 is 14.0 Å². The summed E-state index contributed by atoms with van der Waals surface area (Å²) in [5.74, 6) is -0.963. The van der Waals surface area contributed by atoms with E-state index in [-0.39, 0.29) is 23.6 Å². The first-order valence-corrected chi connectivity index (χ1v) is 6.63. The third-order valence-corrected chi connectivity index (χ3v) is 3.61. The smallest absolute Gasteiger partial charge is 0.293 e. The SMILES string of the molecule is NCCN1C(=O)S/C(=C/c2cc(Cl)ccc2F)C1=O. The molecule has 4 nitrogen and oxygen atoms in total. The van der Waals surface area contributed by atoms with Crippen molar-refractivity contribution in [2.45, 2.75) is 0 Å². The summed E-state index contributed by atoms with van der Waals surface area (Å²) >= 11 is 6.53. The molecular weight excluding hydrogens is 291 g/mol. The van der Waals surface area contributed by atoms with Crippen LogP contribution in [0, 0.1) is 5.82 Å². The van der Waals surface area contributed by atoms with Gasteiger partial charge in [0.1, 0.15) is 5.82 Å². The summed E-state index contributed by atoms with van der Waals surface area (Å²) in [4.78, 5) is 24.7. The van der Waals surface area contributed by atoms with Crippen LogP contribution in [0.3, 0.4) is 0 Å². The molecule has 0 aliphatic carbocycles. The lowest BCUT2D eigenvalue weighted by atomic mass is 10.2. The van der Waals surface area contributed by atoms with Crippen molar-refractivity contribution in [2.75, 3.05) is 13.1 Å². The Morgan fingerprint density at radius 3 is 2.84 bits per heavy atom. The van der Waals surface area contributed by atoms with Crippen molar-refractivity contribution >= 4 is 40.6 Å². The molecule has 1 saturated heterocycles. The molecule has 100 valence electrons. The number of hydrogen-bond acceptors (Lipinski definition) is 4. The molecule has 1 aromatic carbocycles. The molecule has 0 unspecified atom stereocenters. The van der Waals surface area contributed by atoms with E-state index in [2.05, 4.69) is 0 Å². The van der Waals surface area contributed by atoms with E-state index in [1.54, 1.807) is 0 Å². The zero-order valence-corrected chi connectivity index (χ0v) is 11.3. The minimum Gasteiger partial charge on any atom is -0.329 e. The summed E-state index contributed by atoms with van der Waals surface area (Å²) in [5, 5.41) is -0.0435. The molecule has 1 aliphatic heterocycles. The number of benzene rings is 1. The number of thioether (sulfide) groups is 1. The zero-order valence-electron chi connectivity index (χ0n) is 9.73. The van der Waals surface area contributed by atoms with Gasteiger partial charge in [-0.15, -0.1) is 0 Å². The fourth-order valence-corrected chi connectivity index (χ4v) is 2.62. The van der Waals surface area contributed by atoms with E-state index in [4.69, 9.17) is 17.3 Å². The van der Waals surface area contributed by atoms with E-state index in [1.807, 2.05) is 0 Å². The third-order valence-electron chi connectivity index (χ3n) is 2.47. The number of nitrogens with two attached hydrogens (primary N) is 1. The summed E-state index contributed by atoms with van der Waals surface area (Å²) in [6.07, 6.45) is 1.32. The lowest BCUT2D eigenvalue weighted by molar-refractivity contribution is -0.122. The Balaban J connectivity index is 2.32. The fourth-order valence-electron chi connectivity index (χ4n) is 1.59. The Morgan fingerprint density at radius 2 is 2.16 bits per heavy atom. The molecule has 2 rings (SSSR count). The van der Waals surface area contributed by atoms with Crippen molar-refractivity contribution in [3.8, 4) is 0 Å². The number of hydrogen-bond donors (Lipinski definition) is 1. The minimum absolute atomic E-state index is 0.153. The summed E-state index contributed by atoms with van der Waals surface area (Å²) in [6, 6.07) is 4.01. The van der Waals surface area contributed by atoms with Gasteiger partial charge in [0.05, 0.1) is 4.91 Å². The molecule has 0 spiro atoms.